The van der Waals surface area contributed by atoms with Gasteiger partial charge in [-0.2, -0.15) is 0 Å². The molecule has 6 nitrogen and oxygen atoms in total. The molecule has 0 aliphatic carbocycles. The Kier molecular flexibility index (Phi) is 4.36. The lowest BCUT2D eigenvalue weighted by Gasteiger charge is -1.97. The van der Waals surface area contributed by atoms with E-state index in [1.165, 1.54) is 13.4 Å². The van der Waals surface area contributed by atoms with Crippen molar-refractivity contribution in [2.24, 2.45) is 0 Å². The smallest absolute Gasteiger partial charge is 0.407 e. The number of aromatic nitrogens is 1. The van der Waals surface area contributed by atoms with Crippen molar-refractivity contribution in [2.75, 3.05) is 13.7 Å². The summed E-state index contributed by atoms with van der Waals surface area (Å²) in [5, 5.41) is 11.2. The lowest BCUT2D eigenvalue weighted by Crippen LogP contribution is -2.22. The summed E-state index contributed by atoms with van der Waals surface area (Å²) < 4.78 is 9.35. The maximum Gasteiger partial charge on any atom is 0.407 e. The predicted octanol–water partition coefficient (Wildman–Crippen LogP) is 0.536. The highest BCUT2D eigenvalue weighted by molar-refractivity contribution is 5.67. The summed E-state index contributed by atoms with van der Waals surface area (Å²) in [7, 11) is 1.29. The van der Waals surface area contributed by atoms with Crippen molar-refractivity contribution in [2.45, 2.75) is 6.61 Å². The van der Waals surface area contributed by atoms with Crippen molar-refractivity contribution in [1.29, 1.82) is 0 Å². The fourth-order valence-electron chi connectivity index (χ4n) is 0.846. The first-order valence-electron chi connectivity index (χ1n) is 4.30. The average molecular weight is 212 g/mol. The highest BCUT2D eigenvalue weighted by atomic mass is 16.5. The van der Waals surface area contributed by atoms with Crippen LogP contribution in [-0.2, 0) is 11.3 Å². The molecule has 0 bridgehead atoms. The molecule has 0 saturated heterocycles. The first-order valence-corrected chi connectivity index (χ1v) is 4.30. The van der Waals surface area contributed by atoms with Gasteiger partial charge in [-0.1, -0.05) is 6.08 Å². The van der Waals surface area contributed by atoms with Crippen LogP contribution in [0.25, 0.3) is 6.08 Å². The van der Waals surface area contributed by atoms with Gasteiger partial charge in [0.05, 0.1) is 13.7 Å². The van der Waals surface area contributed by atoms with Gasteiger partial charge >= 0.3 is 6.09 Å². The Labute approximate surface area is 86.6 Å². The van der Waals surface area contributed by atoms with Crippen LogP contribution in [0.1, 0.15) is 11.6 Å². The summed E-state index contributed by atoms with van der Waals surface area (Å²) in [5.41, 5.74) is 0.468. The Morgan fingerprint density at radius 2 is 2.60 bits per heavy atom. The Morgan fingerprint density at radius 3 is 3.20 bits per heavy atom. The minimum atomic E-state index is -0.497. The van der Waals surface area contributed by atoms with E-state index in [1.54, 1.807) is 12.2 Å². The number of nitrogens with one attached hydrogen (secondary N) is 1. The minimum Gasteiger partial charge on any atom is -0.453 e. The molecule has 1 aromatic rings. The summed E-state index contributed by atoms with van der Waals surface area (Å²) in [4.78, 5) is 14.6. The third kappa shape index (κ3) is 3.82. The van der Waals surface area contributed by atoms with Crippen molar-refractivity contribution < 1.29 is 19.1 Å². The van der Waals surface area contributed by atoms with Crippen molar-refractivity contribution in [3.63, 3.8) is 0 Å². The molecule has 0 saturated carbocycles. The number of hydrogen-bond acceptors (Lipinski definition) is 5. The molecule has 0 atom stereocenters. The zero-order valence-electron chi connectivity index (χ0n) is 8.27. The fraction of sp³-hybridized carbons (Fsp3) is 0.333. The van der Waals surface area contributed by atoms with Gasteiger partial charge in [-0.15, -0.1) is 0 Å². The molecule has 0 aromatic carbocycles. The predicted molar refractivity (Wildman–Crippen MR) is 51.9 cm³/mol. The van der Waals surface area contributed by atoms with Crippen molar-refractivity contribution >= 4 is 12.2 Å². The fourth-order valence-corrected chi connectivity index (χ4v) is 0.846. The van der Waals surface area contributed by atoms with Crippen molar-refractivity contribution in [3.8, 4) is 0 Å². The van der Waals surface area contributed by atoms with Gasteiger partial charge in [0, 0.05) is 6.54 Å². The van der Waals surface area contributed by atoms with E-state index in [4.69, 9.17) is 9.52 Å². The molecule has 6 heteroatoms. The van der Waals surface area contributed by atoms with Crippen LogP contribution in [0.4, 0.5) is 4.79 Å². The highest BCUT2D eigenvalue weighted by Gasteiger charge is 1.98. The van der Waals surface area contributed by atoms with Crippen molar-refractivity contribution in [3.05, 3.63) is 23.9 Å². The van der Waals surface area contributed by atoms with Gasteiger partial charge in [0.25, 0.3) is 0 Å². The number of hydrogen-bond donors (Lipinski definition) is 2. The number of rotatable bonds is 4. The van der Waals surface area contributed by atoms with Gasteiger partial charge in [0.1, 0.15) is 12.0 Å². The van der Waals surface area contributed by atoms with Crippen LogP contribution < -0.4 is 5.32 Å². The summed E-state index contributed by atoms with van der Waals surface area (Å²) in [6, 6.07) is 0. The third-order valence-electron chi connectivity index (χ3n) is 1.54. The van der Waals surface area contributed by atoms with Crippen LogP contribution in [0.5, 0.6) is 0 Å². The number of ether oxygens (including phenoxy) is 1. The Balaban J connectivity index is 2.34. The lowest BCUT2D eigenvalue weighted by molar-refractivity contribution is 0.172. The summed E-state index contributed by atoms with van der Waals surface area (Å²) >= 11 is 0. The molecule has 1 amide bonds. The van der Waals surface area contributed by atoms with E-state index < -0.39 is 6.09 Å². The number of nitrogens with zero attached hydrogens (tertiary/aromatic N) is 1. The molecule has 0 unspecified atom stereocenters. The van der Waals surface area contributed by atoms with Gasteiger partial charge in [-0.3, -0.25) is 0 Å². The molecule has 1 heterocycles. The number of oxazole rings is 1. The van der Waals surface area contributed by atoms with Gasteiger partial charge in [0.2, 0.25) is 5.89 Å². The van der Waals surface area contributed by atoms with Gasteiger partial charge < -0.3 is 19.6 Å². The molecule has 15 heavy (non-hydrogen) atoms. The van der Waals surface area contributed by atoms with E-state index in [9.17, 15) is 4.79 Å². The molecule has 0 aliphatic heterocycles. The van der Waals surface area contributed by atoms with Gasteiger partial charge in [-0.25, -0.2) is 9.78 Å². The van der Waals surface area contributed by atoms with E-state index in [0.717, 1.165) is 0 Å². The number of alkyl carbamates (subject to hydrolysis) is 1. The maximum absolute atomic E-state index is 10.6. The second-order valence-corrected chi connectivity index (χ2v) is 2.61. The molecular formula is C9H12N2O4. The van der Waals surface area contributed by atoms with Crippen LogP contribution in [0.3, 0.4) is 0 Å². The second-order valence-electron chi connectivity index (χ2n) is 2.61. The van der Waals surface area contributed by atoms with E-state index in [-0.39, 0.29) is 6.61 Å². The zero-order chi connectivity index (χ0) is 11.1. The summed E-state index contributed by atoms with van der Waals surface area (Å²) in [6.07, 6.45) is 4.12. The molecule has 82 valence electrons. The van der Waals surface area contributed by atoms with Gasteiger partial charge in [0.15, 0.2) is 0 Å². The Bertz CT molecular complexity index is 346. The van der Waals surface area contributed by atoms with Gasteiger partial charge in [-0.05, 0) is 6.08 Å². The topological polar surface area (TPSA) is 84.6 Å². The Hall–Kier alpha value is -1.82. The highest BCUT2D eigenvalue weighted by Crippen LogP contribution is 2.02. The van der Waals surface area contributed by atoms with Crippen LogP contribution >= 0.6 is 0 Å². The molecule has 0 aliphatic rings. The number of aliphatic hydroxyl groups is 1. The molecule has 2 N–H and O–H groups in total. The molecule has 0 spiro atoms. The molecule has 1 aromatic heterocycles. The van der Waals surface area contributed by atoms with E-state index in [2.05, 4.69) is 15.0 Å². The van der Waals surface area contributed by atoms with Crippen LogP contribution in [0.2, 0.25) is 0 Å². The van der Waals surface area contributed by atoms with Crippen LogP contribution in [0, 0.1) is 0 Å². The quantitative estimate of drug-likeness (QED) is 0.760. The Morgan fingerprint density at radius 1 is 1.80 bits per heavy atom. The average Bonchev–Trinajstić information content (AvgIpc) is 2.72. The second kappa shape index (κ2) is 5.82. The van der Waals surface area contributed by atoms with Crippen LogP contribution in [0.15, 0.2) is 16.8 Å². The number of methoxy groups -OCH3 is 1. The van der Waals surface area contributed by atoms with Crippen molar-refractivity contribution in [1.82, 2.24) is 10.3 Å². The van der Waals surface area contributed by atoms with E-state index in [0.29, 0.717) is 18.1 Å². The maximum atomic E-state index is 10.6. The first kappa shape index (κ1) is 11.3. The molecule has 1 rings (SSSR count). The first-order chi connectivity index (χ1) is 7.26. The van der Waals surface area contributed by atoms with Crippen LogP contribution in [-0.4, -0.2) is 29.8 Å². The number of aliphatic hydroxyl groups excluding tert-OH is 1. The zero-order valence-corrected chi connectivity index (χ0v) is 8.27. The third-order valence-corrected chi connectivity index (χ3v) is 1.54. The molecular weight excluding hydrogens is 200 g/mol. The number of carbonyl (C=O) groups excluding carboxylic acids is 1. The summed E-state index contributed by atoms with van der Waals surface area (Å²) in [5.74, 6) is 0.380. The van der Waals surface area contributed by atoms with E-state index >= 15 is 0 Å². The van der Waals surface area contributed by atoms with E-state index in [1.807, 2.05) is 0 Å². The summed E-state index contributed by atoms with van der Waals surface area (Å²) in [6.45, 7) is 0.168. The largest absolute Gasteiger partial charge is 0.453 e. The molecule has 0 fully saturated rings. The standard InChI is InChI=1S/C9H12N2O4/c1-14-9(13)10-4-2-3-8-11-7(5-12)6-15-8/h2-3,6,12H,4-5H2,1H3,(H,10,13)/b3-2-. The normalized spacial score (nSPS) is 10.5. The SMILES string of the molecule is COC(=O)NC/C=C\c1nc(CO)co1. The lowest BCUT2D eigenvalue weighted by atomic mass is 10.5. The number of carbonyl (C=O) groups is 1. The minimum absolute atomic E-state index is 0.155. The molecule has 0 radical (unpaired) electrons. The number of amides is 1. The monoisotopic (exact) mass is 212 g/mol.